The number of carbonyl (C=O) groups excluding carboxylic acids is 2. The average Bonchev–Trinajstić information content (AvgIpc) is 3.05. The van der Waals surface area contributed by atoms with E-state index in [1.54, 1.807) is 24.4 Å². The zero-order valence-electron chi connectivity index (χ0n) is 14.8. The van der Waals surface area contributed by atoms with Gasteiger partial charge in [0.05, 0.1) is 11.9 Å². The topological polar surface area (TPSA) is 90.8 Å². The largest absolute Gasteiger partial charge is 0.506 e. The fourth-order valence-corrected chi connectivity index (χ4v) is 3.64. The summed E-state index contributed by atoms with van der Waals surface area (Å²) < 4.78 is 0.995. The summed E-state index contributed by atoms with van der Waals surface area (Å²) in [5, 5.41) is 18.2. The van der Waals surface area contributed by atoms with E-state index in [4.69, 9.17) is 0 Å². The van der Waals surface area contributed by atoms with Crippen molar-refractivity contribution in [3.05, 3.63) is 45.1 Å². The van der Waals surface area contributed by atoms with Crippen LogP contribution in [0.15, 0.2) is 45.3 Å². The van der Waals surface area contributed by atoms with Crippen molar-refractivity contribution in [3.63, 3.8) is 0 Å². The van der Waals surface area contributed by atoms with Crippen molar-refractivity contribution < 1.29 is 14.7 Å². The van der Waals surface area contributed by atoms with Crippen LogP contribution in [0, 0.1) is 0 Å². The molecule has 1 heterocycles. The molecule has 0 bridgehead atoms. The third-order valence-electron chi connectivity index (χ3n) is 3.70. The fourth-order valence-electron chi connectivity index (χ4n) is 2.34. The third-order valence-corrected chi connectivity index (χ3v) is 5.33. The number of nitrogens with one attached hydrogen (secondary N) is 2. The molecule has 144 valence electrons. The number of thiophene rings is 1. The lowest BCUT2D eigenvalue weighted by molar-refractivity contribution is -0.121. The normalized spacial score (nSPS) is 10.9. The van der Waals surface area contributed by atoms with E-state index in [2.05, 4.69) is 31.8 Å². The third kappa shape index (κ3) is 8.36. The molecule has 0 aliphatic heterocycles. The Bertz CT molecular complexity index is 792. The van der Waals surface area contributed by atoms with Gasteiger partial charge >= 0.3 is 0 Å². The minimum Gasteiger partial charge on any atom is -0.506 e. The molecule has 0 fully saturated rings. The number of nitrogens with zero attached hydrogens (tertiary/aromatic N) is 1. The number of para-hydroxylation sites is 2. The molecule has 27 heavy (non-hydrogen) atoms. The van der Waals surface area contributed by atoms with Crippen LogP contribution in [0.5, 0.6) is 5.75 Å². The van der Waals surface area contributed by atoms with E-state index in [0.717, 1.165) is 35.0 Å². The van der Waals surface area contributed by atoms with Crippen LogP contribution in [0.4, 0.5) is 5.69 Å². The summed E-state index contributed by atoms with van der Waals surface area (Å²) >= 11 is 4.90. The van der Waals surface area contributed by atoms with Gasteiger partial charge < -0.3 is 10.4 Å². The highest BCUT2D eigenvalue weighted by atomic mass is 79.9. The predicted octanol–water partition coefficient (Wildman–Crippen LogP) is 4.65. The lowest BCUT2D eigenvalue weighted by Crippen LogP contribution is -2.16. The highest BCUT2D eigenvalue weighted by molar-refractivity contribution is 9.10. The van der Waals surface area contributed by atoms with Crippen LogP contribution in [0.25, 0.3) is 0 Å². The summed E-state index contributed by atoms with van der Waals surface area (Å²) in [5.41, 5.74) is 2.94. The number of amides is 2. The Kier molecular flexibility index (Phi) is 9.00. The van der Waals surface area contributed by atoms with Crippen LogP contribution in [0.3, 0.4) is 0 Å². The molecule has 0 saturated heterocycles. The number of unbranched alkanes of at least 4 members (excludes halogenated alkanes) is 3. The van der Waals surface area contributed by atoms with Crippen molar-refractivity contribution in [2.75, 3.05) is 5.32 Å². The second-order valence-electron chi connectivity index (χ2n) is 5.94. The van der Waals surface area contributed by atoms with Gasteiger partial charge in [-0.25, -0.2) is 5.43 Å². The molecule has 0 unspecified atom stereocenters. The van der Waals surface area contributed by atoms with Gasteiger partial charge in [-0.15, -0.1) is 11.3 Å². The van der Waals surface area contributed by atoms with E-state index in [9.17, 15) is 14.7 Å². The molecule has 2 amide bonds. The van der Waals surface area contributed by atoms with Crippen LogP contribution in [0.2, 0.25) is 0 Å². The maximum Gasteiger partial charge on any atom is 0.240 e. The van der Waals surface area contributed by atoms with E-state index in [0.29, 0.717) is 18.5 Å². The van der Waals surface area contributed by atoms with Crippen LogP contribution in [0.1, 0.15) is 43.4 Å². The Morgan fingerprint density at radius 1 is 1.11 bits per heavy atom. The number of carbonyl (C=O) groups is 2. The molecule has 0 spiro atoms. The zero-order valence-corrected chi connectivity index (χ0v) is 17.2. The SMILES string of the molecule is O=C(CCCCCCC(=O)Nc1ccccc1O)N/N=C/c1cc(Br)cs1. The number of halogens is 1. The number of phenols is 1. The van der Waals surface area contributed by atoms with Crippen molar-refractivity contribution in [3.8, 4) is 5.75 Å². The van der Waals surface area contributed by atoms with Crippen molar-refractivity contribution in [1.29, 1.82) is 0 Å². The summed E-state index contributed by atoms with van der Waals surface area (Å²) in [4.78, 5) is 24.5. The summed E-state index contributed by atoms with van der Waals surface area (Å²) in [6.45, 7) is 0. The number of benzene rings is 1. The Balaban J connectivity index is 1.51. The smallest absolute Gasteiger partial charge is 0.240 e. The molecule has 0 aliphatic carbocycles. The van der Waals surface area contributed by atoms with Crippen molar-refractivity contribution >= 4 is 51.0 Å². The minimum atomic E-state index is -0.121. The summed E-state index contributed by atoms with van der Waals surface area (Å²) in [5.74, 6) is -0.172. The van der Waals surface area contributed by atoms with Gasteiger partial charge in [0.1, 0.15) is 5.75 Å². The predicted molar refractivity (Wildman–Crippen MR) is 112 cm³/mol. The number of phenolic OH excluding ortho intramolecular Hbond substituents is 1. The first-order valence-corrected chi connectivity index (χ1v) is 10.4. The average molecular weight is 452 g/mol. The highest BCUT2D eigenvalue weighted by Gasteiger charge is 2.06. The highest BCUT2D eigenvalue weighted by Crippen LogP contribution is 2.21. The van der Waals surface area contributed by atoms with Crippen molar-refractivity contribution in [2.24, 2.45) is 5.10 Å². The van der Waals surface area contributed by atoms with Crippen molar-refractivity contribution in [2.45, 2.75) is 38.5 Å². The van der Waals surface area contributed by atoms with Gasteiger partial charge in [-0.1, -0.05) is 25.0 Å². The number of anilines is 1. The maximum atomic E-state index is 11.8. The first-order valence-electron chi connectivity index (χ1n) is 8.68. The minimum absolute atomic E-state index is 0.0613. The molecule has 1 aromatic heterocycles. The summed E-state index contributed by atoms with van der Waals surface area (Å²) in [7, 11) is 0. The second kappa shape index (κ2) is 11.5. The van der Waals surface area contributed by atoms with Gasteiger partial charge in [0, 0.05) is 27.6 Å². The Labute approximate surface area is 170 Å². The van der Waals surface area contributed by atoms with Gasteiger partial charge in [-0.05, 0) is 47.0 Å². The number of hydrazone groups is 1. The first kappa shape index (κ1) is 21.1. The standard InChI is InChI=1S/C19H22BrN3O3S/c20-14-11-15(27-13-14)12-21-23-19(26)10-4-2-1-3-9-18(25)22-16-7-5-6-8-17(16)24/h5-8,11-13,24H,1-4,9-10H2,(H,22,25)(H,23,26)/b21-12+. The summed E-state index contributed by atoms with van der Waals surface area (Å²) in [6, 6.07) is 8.57. The first-order chi connectivity index (χ1) is 13.0. The van der Waals surface area contributed by atoms with Gasteiger partial charge in [-0.3, -0.25) is 9.59 Å². The maximum absolute atomic E-state index is 11.8. The van der Waals surface area contributed by atoms with E-state index < -0.39 is 0 Å². The van der Waals surface area contributed by atoms with Crippen LogP contribution in [-0.4, -0.2) is 23.1 Å². The van der Waals surface area contributed by atoms with E-state index in [1.807, 2.05) is 11.4 Å². The second-order valence-corrected chi connectivity index (χ2v) is 7.80. The van der Waals surface area contributed by atoms with Crippen LogP contribution < -0.4 is 10.7 Å². The van der Waals surface area contributed by atoms with Crippen LogP contribution in [-0.2, 0) is 9.59 Å². The molecular weight excluding hydrogens is 430 g/mol. The molecule has 0 saturated carbocycles. The molecule has 6 nitrogen and oxygen atoms in total. The molecule has 0 radical (unpaired) electrons. The van der Waals surface area contributed by atoms with E-state index >= 15 is 0 Å². The van der Waals surface area contributed by atoms with Gasteiger partial charge in [-0.2, -0.15) is 5.10 Å². The fraction of sp³-hybridized carbons (Fsp3) is 0.316. The van der Waals surface area contributed by atoms with Crippen molar-refractivity contribution in [1.82, 2.24) is 5.43 Å². The number of hydrogen-bond donors (Lipinski definition) is 3. The Hall–Kier alpha value is -2.19. The zero-order chi connectivity index (χ0) is 19.5. The van der Waals surface area contributed by atoms with Gasteiger partial charge in [0.25, 0.3) is 0 Å². The van der Waals surface area contributed by atoms with Gasteiger partial charge in [0.15, 0.2) is 0 Å². The molecule has 8 heteroatoms. The monoisotopic (exact) mass is 451 g/mol. The van der Waals surface area contributed by atoms with Gasteiger partial charge in [0.2, 0.25) is 11.8 Å². The Morgan fingerprint density at radius 2 is 1.81 bits per heavy atom. The molecule has 0 atom stereocenters. The lowest BCUT2D eigenvalue weighted by Gasteiger charge is -2.06. The molecule has 3 N–H and O–H groups in total. The molecule has 2 rings (SSSR count). The molecule has 2 aromatic rings. The molecular formula is C19H22BrN3O3S. The quantitative estimate of drug-likeness (QED) is 0.212. The summed E-state index contributed by atoms with van der Waals surface area (Å²) in [6.07, 6.45) is 5.67. The molecule has 1 aromatic carbocycles. The molecule has 0 aliphatic rings. The Morgan fingerprint density at radius 3 is 2.48 bits per heavy atom. The number of aromatic hydroxyl groups is 1. The van der Waals surface area contributed by atoms with E-state index in [1.165, 1.54) is 17.4 Å². The van der Waals surface area contributed by atoms with Crippen LogP contribution >= 0.6 is 27.3 Å². The number of hydrogen-bond acceptors (Lipinski definition) is 5. The van der Waals surface area contributed by atoms with E-state index in [-0.39, 0.29) is 17.6 Å². The number of rotatable bonds is 10. The lowest BCUT2D eigenvalue weighted by atomic mass is 10.1.